The van der Waals surface area contributed by atoms with E-state index in [4.69, 9.17) is 0 Å². The first kappa shape index (κ1) is 23.4. The van der Waals surface area contributed by atoms with Gasteiger partial charge in [0, 0.05) is 66.1 Å². The predicted molar refractivity (Wildman–Crippen MR) is 149 cm³/mol. The number of nitrogens with one attached hydrogen (secondary N) is 1. The van der Waals surface area contributed by atoms with Crippen molar-refractivity contribution in [1.29, 1.82) is 0 Å². The van der Waals surface area contributed by atoms with Crippen molar-refractivity contribution in [3.8, 4) is 11.1 Å². The van der Waals surface area contributed by atoms with E-state index < -0.39 is 0 Å². The van der Waals surface area contributed by atoms with Gasteiger partial charge in [-0.05, 0) is 42.5 Å². The van der Waals surface area contributed by atoms with E-state index in [9.17, 15) is 9.59 Å². The second-order valence-corrected chi connectivity index (χ2v) is 9.89. The maximum absolute atomic E-state index is 13.0. The number of benzene rings is 4. The van der Waals surface area contributed by atoms with E-state index >= 15 is 0 Å². The lowest BCUT2D eigenvalue weighted by Gasteiger charge is -2.36. The number of carbonyl (C=O) groups is 2. The van der Waals surface area contributed by atoms with Crippen LogP contribution in [0.15, 0.2) is 84.9 Å². The van der Waals surface area contributed by atoms with Gasteiger partial charge < -0.3 is 10.2 Å². The van der Waals surface area contributed by atoms with Gasteiger partial charge in [0.05, 0.1) is 0 Å². The molecule has 0 radical (unpaired) electrons. The van der Waals surface area contributed by atoms with Crippen LogP contribution in [-0.4, -0.2) is 55.9 Å². The Bertz CT molecular complexity index is 1460. The number of fused-ring (bicyclic) bond motifs is 4. The summed E-state index contributed by atoms with van der Waals surface area (Å²) >= 11 is 0. The molecule has 1 amide bonds. The summed E-state index contributed by atoms with van der Waals surface area (Å²) < 4.78 is 0. The van der Waals surface area contributed by atoms with Crippen LogP contribution in [0.25, 0.3) is 21.9 Å². The van der Waals surface area contributed by atoms with Crippen LogP contribution in [0.1, 0.15) is 39.1 Å². The molecule has 0 saturated carbocycles. The molecule has 1 aliphatic heterocycles. The zero-order valence-corrected chi connectivity index (χ0v) is 21.0. The van der Waals surface area contributed by atoms with Gasteiger partial charge in [0.15, 0.2) is 5.78 Å². The van der Waals surface area contributed by atoms with Crippen LogP contribution in [-0.2, 0) is 0 Å². The normalized spacial score (nSPS) is 15.0. The molecule has 1 fully saturated rings. The molecule has 2 aliphatic rings. The topological polar surface area (TPSA) is 52.7 Å². The number of amides is 1. The Balaban J connectivity index is 0.985. The van der Waals surface area contributed by atoms with Crippen molar-refractivity contribution in [2.45, 2.75) is 12.8 Å². The molecule has 0 atom stereocenters. The standard InChI is InChI=1S/C32H31N3O2/c36-31-26-13-4-3-12-25(26)30-27(31)14-8-15-28(30)32(37)33-17-5-6-18-34-19-21-35(22-20-34)29-16-7-10-23-9-1-2-11-24(23)29/h1-4,7-16H,5-6,17-22H2,(H,33,37). The van der Waals surface area contributed by atoms with Crippen LogP contribution in [0.4, 0.5) is 5.69 Å². The molecular formula is C32H31N3O2. The Morgan fingerprint density at radius 3 is 2.30 bits per heavy atom. The lowest BCUT2D eigenvalue weighted by molar-refractivity contribution is 0.0953. The predicted octanol–water partition coefficient (Wildman–Crippen LogP) is 5.38. The molecule has 1 aliphatic carbocycles. The van der Waals surface area contributed by atoms with Gasteiger partial charge >= 0.3 is 0 Å². The van der Waals surface area contributed by atoms with E-state index in [1.165, 1.54) is 16.5 Å². The molecule has 6 rings (SSSR count). The van der Waals surface area contributed by atoms with Gasteiger partial charge in [-0.15, -0.1) is 0 Å². The fourth-order valence-electron chi connectivity index (χ4n) is 5.72. The van der Waals surface area contributed by atoms with Gasteiger partial charge in [0.25, 0.3) is 5.91 Å². The second kappa shape index (κ2) is 10.2. The van der Waals surface area contributed by atoms with E-state index in [1.54, 1.807) is 6.07 Å². The molecular weight excluding hydrogens is 458 g/mol. The smallest absolute Gasteiger partial charge is 0.251 e. The van der Waals surface area contributed by atoms with E-state index in [0.717, 1.165) is 56.7 Å². The molecule has 4 aromatic carbocycles. The third-order valence-corrected chi connectivity index (χ3v) is 7.66. The molecule has 0 aromatic heterocycles. The van der Waals surface area contributed by atoms with E-state index in [-0.39, 0.29) is 11.7 Å². The molecule has 186 valence electrons. The van der Waals surface area contributed by atoms with Crippen LogP contribution < -0.4 is 10.2 Å². The minimum atomic E-state index is -0.106. The highest BCUT2D eigenvalue weighted by atomic mass is 16.1. The first-order valence-corrected chi connectivity index (χ1v) is 13.2. The quantitative estimate of drug-likeness (QED) is 0.312. The average molecular weight is 490 g/mol. The lowest BCUT2D eigenvalue weighted by atomic mass is 9.99. The zero-order chi connectivity index (χ0) is 25.2. The van der Waals surface area contributed by atoms with E-state index in [2.05, 4.69) is 57.6 Å². The van der Waals surface area contributed by atoms with Crippen molar-refractivity contribution in [3.63, 3.8) is 0 Å². The lowest BCUT2D eigenvalue weighted by Crippen LogP contribution is -2.46. The minimum absolute atomic E-state index is 0.000739. The average Bonchev–Trinajstić information content (AvgIpc) is 3.25. The van der Waals surface area contributed by atoms with Crippen molar-refractivity contribution in [2.75, 3.05) is 44.2 Å². The Morgan fingerprint density at radius 1 is 0.730 bits per heavy atom. The third-order valence-electron chi connectivity index (χ3n) is 7.66. The van der Waals surface area contributed by atoms with Crippen LogP contribution in [0, 0.1) is 0 Å². The second-order valence-electron chi connectivity index (χ2n) is 9.89. The number of rotatable bonds is 7. The highest BCUT2D eigenvalue weighted by molar-refractivity contribution is 6.24. The fourth-order valence-corrected chi connectivity index (χ4v) is 5.72. The summed E-state index contributed by atoms with van der Waals surface area (Å²) in [5.41, 5.74) is 4.84. The summed E-state index contributed by atoms with van der Waals surface area (Å²) in [6, 6.07) is 28.1. The van der Waals surface area contributed by atoms with E-state index in [1.807, 2.05) is 36.4 Å². The van der Waals surface area contributed by atoms with E-state index in [0.29, 0.717) is 23.2 Å². The number of nitrogens with zero attached hydrogens (tertiary/aromatic N) is 2. The van der Waals surface area contributed by atoms with Crippen molar-refractivity contribution in [3.05, 3.63) is 102 Å². The monoisotopic (exact) mass is 489 g/mol. The highest BCUT2D eigenvalue weighted by Crippen LogP contribution is 2.38. The van der Waals surface area contributed by atoms with Crippen molar-refractivity contribution in [2.24, 2.45) is 0 Å². The number of carbonyl (C=O) groups excluding carboxylic acids is 2. The Labute approximate surface area is 217 Å². The summed E-state index contributed by atoms with van der Waals surface area (Å²) in [5, 5.41) is 5.70. The minimum Gasteiger partial charge on any atom is -0.368 e. The fraction of sp³-hybridized carbons (Fsp3) is 0.250. The summed E-state index contributed by atoms with van der Waals surface area (Å²) in [6.07, 6.45) is 1.97. The number of piperazine rings is 1. The molecule has 1 N–H and O–H groups in total. The molecule has 5 nitrogen and oxygen atoms in total. The van der Waals surface area contributed by atoms with Crippen molar-refractivity contribution < 1.29 is 9.59 Å². The molecule has 5 heteroatoms. The Morgan fingerprint density at radius 2 is 1.43 bits per heavy atom. The Kier molecular flexibility index (Phi) is 6.46. The van der Waals surface area contributed by atoms with Gasteiger partial charge in [-0.3, -0.25) is 14.5 Å². The summed E-state index contributed by atoms with van der Waals surface area (Å²) in [7, 11) is 0. The number of ketones is 1. The van der Waals surface area contributed by atoms with Gasteiger partial charge in [-0.1, -0.05) is 72.8 Å². The third kappa shape index (κ3) is 4.51. The summed E-state index contributed by atoms with van der Waals surface area (Å²) in [6.45, 7) is 5.85. The SMILES string of the molecule is O=C(NCCCCN1CCN(c2cccc3ccccc23)CC1)c1cccc2c1-c1ccccc1C2=O. The number of hydrogen-bond donors (Lipinski definition) is 1. The van der Waals surface area contributed by atoms with Gasteiger partial charge in [0.2, 0.25) is 0 Å². The number of hydrogen-bond acceptors (Lipinski definition) is 4. The number of unbranched alkanes of at least 4 members (excludes halogenated alkanes) is 1. The van der Waals surface area contributed by atoms with Crippen LogP contribution in [0.5, 0.6) is 0 Å². The van der Waals surface area contributed by atoms with Crippen LogP contribution in [0.3, 0.4) is 0 Å². The molecule has 1 heterocycles. The van der Waals surface area contributed by atoms with Crippen LogP contribution >= 0.6 is 0 Å². The van der Waals surface area contributed by atoms with Gasteiger partial charge in [0.1, 0.15) is 0 Å². The molecule has 0 unspecified atom stereocenters. The summed E-state index contributed by atoms with van der Waals surface area (Å²) in [5.74, 6) is -0.106. The first-order chi connectivity index (χ1) is 18.2. The first-order valence-electron chi connectivity index (χ1n) is 13.2. The molecule has 37 heavy (non-hydrogen) atoms. The maximum Gasteiger partial charge on any atom is 0.251 e. The summed E-state index contributed by atoms with van der Waals surface area (Å²) in [4.78, 5) is 30.8. The molecule has 0 bridgehead atoms. The molecule has 1 saturated heterocycles. The van der Waals surface area contributed by atoms with Crippen LogP contribution in [0.2, 0.25) is 0 Å². The molecule has 0 spiro atoms. The maximum atomic E-state index is 13.0. The highest BCUT2D eigenvalue weighted by Gasteiger charge is 2.30. The van der Waals surface area contributed by atoms with Crippen molar-refractivity contribution in [1.82, 2.24) is 10.2 Å². The molecule has 4 aromatic rings. The van der Waals surface area contributed by atoms with Crippen molar-refractivity contribution >= 4 is 28.2 Å². The largest absolute Gasteiger partial charge is 0.368 e. The zero-order valence-electron chi connectivity index (χ0n) is 21.0. The number of anilines is 1. The Hall–Kier alpha value is -3.96. The van der Waals surface area contributed by atoms with Gasteiger partial charge in [-0.2, -0.15) is 0 Å². The van der Waals surface area contributed by atoms with Gasteiger partial charge in [-0.25, -0.2) is 0 Å².